The van der Waals surface area contributed by atoms with Gasteiger partial charge in [0.2, 0.25) is 0 Å². The molecule has 0 aliphatic rings. The minimum Gasteiger partial charge on any atom is -0.288 e. The highest BCUT2D eigenvalue weighted by Crippen LogP contribution is 2.01. The van der Waals surface area contributed by atoms with E-state index in [9.17, 15) is 4.79 Å². The molecule has 5 heteroatoms. The lowest BCUT2D eigenvalue weighted by Crippen LogP contribution is -2.18. The van der Waals surface area contributed by atoms with Crippen molar-refractivity contribution in [1.82, 2.24) is 15.4 Å². The number of carbonyl (C=O) groups is 1. The lowest BCUT2D eigenvalue weighted by atomic mass is 10.2. The lowest BCUT2D eigenvalue weighted by Gasteiger charge is -1.97. The first kappa shape index (κ1) is 11.8. The van der Waals surface area contributed by atoms with Gasteiger partial charge < -0.3 is 0 Å². The van der Waals surface area contributed by atoms with Gasteiger partial charge in [0.05, 0.1) is 0 Å². The van der Waals surface area contributed by atoms with Gasteiger partial charge in [-0.3, -0.25) is 15.0 Å². The predicted molar refractivity (Wildman–Crippen MR) is 63.7 cm³/mol. The highest BCUT2D eigenvalue weighted by molar-refractivity contribution is 5.93. The van der Waals surface area contributed by atoms with Crippen LogP contribution in [0.2, 0.25) is 0 Å². The highest BCUT2D eigenvalue weighted by atomic mass is 16.5. The molecule has 0 fully saturated rings. The number of hydrogen-bond acceptors (Lipinski definition) is 4. The van der Waals surface area contributed by atoms with E-state index in [0.29, 0.717) is 11.3 Å². The third-order valence-electron chi connectivity index (χ3n) is 2.12. The Hall–Kier alpha value is -2.71. The molecule has 2 N–H and O–H groups in total. The Balaban J connectivity index is 2.25. The normalized spacial score (nSPS) is 9.17. The molecule has 0 radical (unpaired) electrons. The topological polar surface area (TPSA) is 75.1 Å². The van der Waals surface area contributed by atoms with Gasteiger partial charge in [0.25, 0.3) is 5.91 Å². The monoisotopic (exact) mass is 239 g/mol. The standard InChI is InChI=1S/C13H9N3O2/c17-13(16-18)11-5-7-15-12(8-11)4-3-10-2-1-6-14-9-10/h1-2,5-9,18H,(H,16,17). The summed E-state index contributed by atoms with van der Waals surface area (Å²) in [6.07, 6.45) is 4.75. The number of hydrogen-bond donors (Lipinski definition) is 2. The van der Waals surface area contributed by atoms with Crippen molar-refractivity contribution in [3.8, 4) is 11.8 Å². The molecule has 5 nitrogen and oxygen atoms in total. The van der Waals surface area contributed by atoms with Crippen LogP contribution in [0.15, 0.2) is 42.9 Å². The van der Waals surface area contributed by atoms with Gasteiger partial charge in [-0.25, -0.2) is 10.5 Å². The molecule has 2 heterocycles. The van der Waals surface area contributed by atoms with Crippen LogP contribution in [0.4, 0.5) is 0 Å². The first-order chi connectivity index (χ1) is 8.79. The van der Waals surface area contributed by atoms with E-state index in [2.05, 4.69) is 21.8 Å². The Bertz CT molecular complexity index is 615. The van der Waals surface area contributed by atoms with E-state index in [1.165, 1.54) is 18.3 Å². The van der Waals surface area contributed by atoms with Gasteiger partial charge in [-0.1, -0.05) is 5.92 Å². The summed E-state index contributed by atoms with van der Waals surface area (Å²) in [6.45, 7) is 0. The van der Waals surface area contributed by atoms with Crippen LogP contribution in [0.1, 0.15) is 21.6 Å². The van der Waals surface area contributed by atoms with Gasteiger partial charge in [0.15, 0.2) is 0 Å². The summed E-state index contributed by atoms with van der Waals surface area (Å²) in [7, 11) is 0. The second-order valence-corrected chi connectivity index (χ2v) is 3.36. The molecule has 0 saturated heterocycles. The molecule has 0 atom stereocenters. The summed E-state index contributed by atoms with van der Waals surface area (Å²) in [5.74, 6) is 5.10. The molecule has 2 rings (SSSR count). The molecule has 1 amide bonds. The van der Waals surface area contributed by atoms with Crippen molar-refractivity contribution < 1.29 is 10.0 Å². The highest BCUT2D eigenvalue weighted by Gasteiger charge is 2.03. The van der Waals surface area contributed by atoms with E-state index in [0.717, 1.165) is 5.56 Å². The fourth-order valence-electron chi connectivity index (χ4n) is 1.28. The zero-order valence-electron chi connectivity index (χ0n) is 9.29. The summed E-state index contributed by atoms with van der Waals surface area (Å²) >= 11 is 0. The minimum atomic E-state index is -0.596. The molecule has 0 unspecified atom stereocenters. The lowest BCUT2D eigenvalue weighted by molar-refractivity contribution is 0.0706. The van der Waals surface area contributed by atoms with Crippen molar-refractivity contribution >= 4 is 5.91 Å². The number of nitrogens with zero attached hydrogens (tertiary/aromatic N) is 2. The second-order valence-electron chi connectivity index (χ2n) is 3.36. The molecule has 2 aromatic rings. The summed E-state index contributed by atoms with van der Waals surface area (Å²) in [5.41, 5.74) is 3.06. The van der Waals surface area contributed by atoms with Gasteiger partial charge >= 0.3 is 0 Å². The maximum atomic E-state index is 11.2. The van der Waals surface area contributed by atoms with Crippen molar-refractivity contribution in [2.24, 2.45) is 0 Å². The summed E-state index contributed by atoms with van der Waals surface area (Å²) in [4.78, 5) is 19.1. The molecule has 0 aromatic carbocycles. The van der Waals surface area contributed by atoms with Crippen LogP contribution in [-0.2, 0) is 0 Å². The van der Waals surface area contributed by atoms with Gasteiger partial charge in [-0.2, -0.15) is 0 Å². The van der Waals surface area contributed by atoms with E-state index in [-0.39, 0.29) is 0 Å². The SMILES string of the molecule is O=C(NO)c1ccnc(C#Cc2cccnc2)c1. The van der Waals surface area contributed by atoms with Crippen LogP contribution in [0.25, 0.3) is 0 Å². The maximum Gasteiger partial charge on any atom is 0.274 e. The third kappa shape index (κ3) is 2.90. The summed E-state index contributed by atoms with van der Waals surface area (Å²) in [5, 5.41) is 8.52. The number of amides is 1. The first-order valence-electron chi connectivity index (χ1n) is 5.12. The summed E-state index contributed by atoms with van der Waals surface area (Å²) < 4.78 is 0. The molecule has 0 aliphatic heterocycles. The fourth-order valence-corrected chi connectivity index (χ4v) is 1.28. The van der Waals surface area contributed by atoms with E-state index >= 15 is 0 Å². The van der Waals surface area contributed by atoms with Crippen LogP contribution in [0.3, 0.4) is 0 Å². The quantitative estimate of drug-likeness (QED) is 0.442. The first-order valence-corrected chi connectivity index (χ1v) is 5.12. The fraction of sp³-hybridized carbons (Fsp3) is 0. The van der Waals surface area contributed by atoms with Crippen LogP contribution in [0, 0.1) is 11.8 Å². The number of carbonyl (C=O) groups excluding carboxylic acids is 1. The van der Waals surface area contributed by atoms with E-state index in [1.807, 2.05) is 6.07 Å². The Kier molecular flexibility index (Phi) is 3.64. The molecule has 0 aliphatic carbocycles. The van der Waals surface area contributed by atoms with Gasteiger partial charge in [-0.05, 0) is 30.2 Å². The number of aromatic nitrogens is 2. The third-order valence-corrected chi connectivity index (χ3v) is 2.12. The minimum absolute atomic E-state index is 0.294. The van der Waals surface area contributed by atoms with Crippen molar-refractivity contribution in [2.75, 3.05) is 0 Å². The van der Waals surface area contributed by atoms with Crippen molar-refractivity contribution in [3.05, 3.63) is 59.7 Å². The molecule has 0 spiro atoms. The number of hydroxylamine groups is 1. The number of nitrogens with one attached hydrogen (secondary N) is 1. The predicted octanol–water partition coefficient (Wildman–Crippen LogP) is 0.995. The smallest absolute Gasteiger partial charge is 0.274 e. The van der Waals surface area contributed by atoms with E-state index < -0.39 is 5.91 Å². The summed E-state index contributed by atoms with van der Waals surface area (Å²) in [6, 6.07) is 6.59. The van der Waals surface area contributed by atoms with Crippen molar-refractivity contribution in [3.63, 3.8) is 0 Å². The van der Waals surface area contributed by atoms with E-state index in [4.69, 9.17) is 5.21 Å². The van der Waals surface area contributed by atoms with Crippen molar-refractivity contribution in [2.45, 2.75) is 0 Å². The molecule has 88 valence electrons. The maximum absolute atomic E-state index is 11.2. The number of pyridine rings is 2. The second kappa shape index (κ2) is 5.57. The zero-order chi connectivity index (χ0) is 12.8. The molecule has 0 bridgehead atoms. The van der Waals surface area contributed by atoms with Gasteiger partial charge in [-0.15, -0.1) is 0 Å². The largest absolute Gasteiger partial charge is 0.288 e. The number of rotatable bonds is 1. The average Bonchev–Trinajstić information content (AvgIpc) is 2.45. The Morgan fingerprint density at radius 2 is 2.17 bits per heavy atom. The zero-order valence-corrected chi connectivity index (χ0v) is 9.29. The Morgan fingerprint density at radius 1 is 1.28 bits per heavy atom. The van der Waals surface area contributed by atoms with Gasteiger partial charge in [0, 0.05) is 29.7 Å². The van der Waals surface area contributed by atoms with Gasteiger partial charge in [0.1, 0.15) is 5.69 Å². The average molecular weight is 239 g/mol. The Morgan fingerprint density at radius 3 is 2.89 bits per heavy atom. The molecule has 0 saturated carbocycles. The van der Waals surface area contributed by atoms with Crippen molar-refractivity contribution in [1.29, 1.82) is 0 Å². The molecule has 2 aromatic heterocycles. The van der Waals surface area contributed by atoms with Crippen LogP contribution in [0.5, 0.6) is 0 Å². The molecular formula is C13H9N3O2. The van der Waals surface area contributed by atoms with Crippen LogP contribution in [-0.4, -0.2) is 21.1 Å². The molecule has 18 heavy (non-hydrogen) atoms. The Labute approximate surface area is 103 Å². The molecular weight excluding hydrogens is 230 g/mol. The van der Waals surface area contributed by atoms with Crippen LogP contribution >= 0.6 is 0 Å². The van der Waals surface area contributed by atoms with Crippen LogP contribution < -0.4 is 5.48 Å². The van der Waals surface area contributed by atoms with E-state index in [1.54, 1.807) is 23.9 Å².